The molecule has 0 spiro atoms. The van der Waals surface area contributed by atoms with Crippen molar-refractivity contribution in [3.05, 3.63) is 21.2 Å². The minimum atomic E-state index is -0.500. The normalized spacial score (nSPS) is 7.88. The van der Waals surface area contributed by atoms with Gasteiger partial charge in [0.25, 0.3) is 0 Å². The molecule has 3 nitrogen and oxygen atoms in total. The fraction of sp³-hybridized carbons (Fsp3) is 0.333. The van der Waals surface area contributed by atoms with Crippen LogP contribution in [-0.4, -0.2) is 12.0 Å². The lowest BCUT2D eigenvalue weighted by molar-refractivity contribution is -0.445. The van der Waals surface area contributed by atoms with E-state index in [1.54, 1.807) is 0 Å². The van der Waals surface area contributed by atoms with E-state index in [-0.39, 0.29) is 0 Å². The summed E-state index contributed by atoms with van der Waals surface area (Å²) in [7, 11) is 0.889. The van der Waals surface area contributed by atoms with Crippen molar-refractivity contribution in [3.63, 3.8) is 0 Å². The van der Waals surface area contributed by atoms with E-state index < -0.39 is 4.92 Å². The lowest BCUT2D eigenvalue weighted by Gasteiger charge is -1.63. The molecule has 8 heavy (non-hydrogen) atoms. The lowest BCUT2D eigenvalue weighted by Crippen LogP contribution is -1.79. The number of halogens is 2. The van der Waals surface area contributed by atoms with E-state index in [1.807, 2.05) is 0 Å². The van der Waals surface area contributed by atoms with Crippen molar-refractivity contribution in [3.8, 4) is 0 Å². The Morgan fingerprint density at radius 2 is 1.62 bits per heavy atom. The van der Waals surface area contributed by atoms with Crippen molar-refractivity contribution < 1.29 is 4.92 Å². The average Bonchev–Trinajstić information content (AvgIpc) is 1.65. The molecular weight excluding hydrogens is 153 g/mol. The molecule has 0 amide bonds. The molecule has 0 heterocycles. The van der Waals surface area contributed by atoms with Gasteiger partial charge in [-0.25, -0.2) is 0 Å². The second-order valence-electron chi connectivity index (χ2n) is 0.692. The maximum absolute atomic E-state index is 8.81. The van der Waals surface area contributed by atoms with E-state index >= 15 is 0 Å². The van der Waals surface area contributed by atoms with Crippen LogP contribution >= 0.6 is 23.2 Å². The molecule has 0 rings (SSSR count). The predicted molar refractivity (Wildman–Crippen MR) is 33.8 cm³/mol. The summed E-state index contributed by atoms with van der Waals surface area (Å²) >= 11 is 9.75. The molecule has 0 unspecified atom stereocenters. The molecule has 0 aromatic heterocycles. The van der Waals surface area contributed by atoms with E-state index in [2.05, 4.69) is 0 Å². The monoisotopic (exact) mass is 157 g/mol. The third-order valence-electron chi connectivity index (χ3n) is 0.0476. The molecule has 0 aromatic rings. The molecule has 0 bridgehead atoms. The molecule has 0 radical (unpaired) electrons. The van der Waals surface area contributed by atoms with Crippen molar-refractivity contribution in [2.45, 2.75) is 0 Å². The van der Waals surface area contributed by atoms with Crippen LogP contribution in [0.25, 0.3) is 0 Å². The zero-order valence-corrected chi connectivity index (χ0v) is 5.69. The summed E-state index contributed by atoms with van der Waals surface area (Å²) in [4.78, 5) is 8.31. The van der Waals surface area contributed by atoms with Crippen molar-refractivity contribution in [2.75, 3.05) is 7.05 Å². The fourth-order valence-electron chi connectivity index (χ4n) is 0. The molecule has 0 aromatic carbocycles. The molecule has 0 saturated heterocycles. The minimum absolute atomic E-state index is 0.500. The first-order valence-electron chi connectivity index (χ1n) is 1.58. The summed E-state index contributed by atoms with van der Waals surface area (Å²) in [5.41, 5.74) is 2.48. The lowest BCUT2D eigenvalue weighted by atomic mass is 11.3. The third-order valence-corrected chi connectivity index (χ3v) is 0.429. The predicted octanol–water partition coefficient (Wildman–Crippen LogP) is 1.83. The van der Waals surface area contributed by atoms with Crippen LogP contribution < -0.4 is 0 Å². The van der Waals surface area contributed by atoms with Crippen molar-refractivity contribution in [2.24, 2.45) is 0 Å². The Kier molecular flexibility index (Phi) is 13.1. The number of nitrogens with zero attached hydrogens (tertiary/aromatic N) is 1. The van der Waals surface area contributed by atoms with Gasteiger partial charge in [-0.2, -0.15) is 0 Å². The molecule has 0 aliphatic heterocycles. The second kappa shape index (κ2) is 9.87. The van der Waals surface area contributed by atoms with E-state index in [4.69, 9.17) is 33.3 Å². The van der Waals surface area contributed by atoms with Crippen molar-refractivity contribution in [1.82, 2.24) is 0 Å². The van der Waals surface area contributed by atoms with Crippen LogP contribution in [-0.2, 0) is 0 Å². The Bertz CT molecular complexity index is 75.4. The first kappa shape index (κ1) is 10.7. The molecule has 0 aliphatic carbocycles. The number of hydrogen-bond acceptors (Lipinski definition) is 2. The van der Waals surface area contributed by atoms with Crippen molar-refractivity contribution in [1.29, 1.82) is 0 Å². The number of rotatable bonds is 0. The Hall–Kier alpha value is -0.280. The molecule has 0 atom stereocenters. The van der Waals surface area contributed by atoms with Crippen LogP contribution in [0.5, 0.6) is 0 Å². The second-order valence-corrected chi connectivity index (χ2v) is 1.20. The molecular formula is C3H5Cl2NO2. The maximum atomic E-state index is 8.81. The van der Waals surface area contributed by atoms with Gasteiger partial charge in [0.05, 0.1) is 0 Å². The van der Waals surface area contributed by atoms with Gasteiger partial charge in [0.2, 0.25) is 0 Å². The SMILES string of the molecule is C[N+](=O)[O-].ClC=CCl. The van der Waals surface area contributed by atoms with E-state index in [1.165, 1.54) is 11.1 Å². The Balaban J connectivity index is 0. The highest BCUT2D eigenvalue weighted by Crippen LogP contribution is 1.78. The minimum Gasteiger partial charge on any atom is -0.265 e. The van der Waals surface area contributed by atoms with E-state index in [0.29, 0.717) is 0 Å². The highest BCUT2D eigenvalue weighted by atomic mass is 35.5. The van der Waals surface area contributed by atoms with E-state index in [0.717, 1.165) is 7.05 Å². The summed E-state index contributed by atoms with van der Waals surface area (Å²) in [6.45, 7) is 0. The van der Waals surface area contributed by atoms with Crippen LogP contribution in [0.3, 0.4) is 0 Å². The number of nitro groups is 1. The standard InChI is InChI=1S/C2H2Cl2.CH3NO2/c3-1-2-4;1-2(3)4/h1-2H;1H3. The Labute approximate surface area is 57.0 Å². The summed E-state index contributed by atoms with van der Waals surface area (Å²) in [6.07, 6.45) is 0. The Morgan fingerprint density at radius 3 is 1.62 bits per heavy atom. The highest BCUT2D eigenvalue weighted by molar-refractivity contribution is 6.33. The van der Waals surface area contributed by atoms with Crippen LogP contribution in [0.1, 0.15) is 0 Å². The first-order valence-corrected chi connectivity index (χ1v) is 2.46. The third kappa shape index (κ3) is 246. The molecule has 0 saturated carbocycles. The zero-order valence-electron chi connectivity index (χ0n) is 4.17. The van der Waals surface area contributed by atoms with Crippen LogP contribution in [0, 0.1) is 10.1 Å². The topological polar surface area (TPSA) is 43.1 Å². The average molecular weight is 158 g/mol. The van der Waals surface area contributed by atoms with Gasteiger partial charge in [0.1, 0.15) is 0 Å². The van der Waals surface area contributed by atoms with Crippen molar-refractivity contribution >= 4 is 23.2 Å². The molecule has 0 N–H and O–H groups in total. The summed E-state index contributed by atoms with van der Waals surface area (Å²) < 4.78 is 0. The number of hydrogen-bond donors (Lipinski definition) is 0. The summed E-state index contributed by atoms with van der Waals surface area (Å²) in [6, 6.07) is 0. The van der Waals surface area contributed by atoms with Gasteiger partial charge in [0.15, 0.2) is 7.05 Å². The summed E-state index contributed by atoms with van der Waals surface area (Å²) in [5, 5.41) is 8.81. The molecule has 5 heteroatoms. The van der Waals surface area contributed by atoms with Gasteiger partial charge in [0, 0.05) is 16.0 Å². The highest BCUT2D eigenvalue weighted by Gasteiger charge is 1.57. The smallest absolute Gasteiger partial charge is 0.194 e. The molecule has 0 aliphatic rings. The quantitative estimate of drug-likeness (QED) is 0.398. The van der Waals surface area contributed by atoms with E-state index in [9.17, 15) is 0 Å². The largest absolute Gasteiger partial charge is 0.265 e. The maximum Gasteiger partial charge on any atom is 0.194 e. The van der Waals surface area contributed by atoms with Gasteiger partial charge < -0.3 is 0 Å². The van der Waals surface area contributed by atoms with Gasteiger partial charge in [-0.05, 0) is 0 Å². The van der Waals surface area contributed by atoms with Gasteiger partial charge >= 0.3 is 0 Å². The molecule has 48 valence electrons. The van der Waals surface area contributed by atoms with Crippen LogP contribution in [0.2, 0.25) is 0 Å². The van der Waals surface area contributed by atoms with Gasteiger partial charge in [-0.15, -0.1) is 0 Å². The van der Waals surface area contributed by atoms with Crippen LogP contribution in [0.15, 0.2) is 11.1 Å². The van der Waals surface area contributed by atoms with Gasteiger partial charge in [-0.1, -0.05) is 23.2 Å². The van der Waals surface area contributed by atoms with Gasteiger partial charge in [-0.3, -0.25) is 10.1 Å². The van der Waals surface area contributed by atoms with Crippen LogP contribution in [0.4, 0.5) is 0 Å². The fourth-order valence-corrected chi connectivity index (χ4v) is 0. The zero-order chi connectivity index (χ0) is 6.99. The Morgan fingerprint density at radius 1 is 1.50 bits per heavy atom. The molecule has 0 fully saturated rings. The first-order chi connectivity index (χ1) is 3.65. The summed E-state index contributed by atoms with van der Waals surface area (Å²) in [5.74, 6) is 0.